The molecule has 0 spiro atoms. The Bertz CT molecular complexity index is 628. The molecule has 0 heterocycles. The van der Waals surface area contributed by atoms with Gasteiger partial charge in [0, 0.05) is 19.1 Å². The molecule has 0 saturated heterocycles. The van der Waals surface area contributed by atoms with Crippen molar-refractivity contribution < 1.29 is 14.3 Å². The number of carbonyl (C=O) groups excluding carboxylic acids is 1. The summed E-state index contributed by atoms with van der Waals surface area (Å²) in [5.41, 5.74) is 1.70. The maximum Gasteiger partial charge on any atom is 0.224 e. The molecule has 0 N–H and O–H groups in total. The SMILES string of the molecule is COCOc1ccccc1N(Cc1ccc(Cl)cc1)C(C)=O. The summed E-state index contributed by atoms with van der Waals surface area (Å²) < 4.78 is 10.5. The number of carbonyl (C=O) groups is 1. The number of hydrogen-bond acceptors (Lipinski definition) is 3. The smallest absolute Gasteiger partial charge is 0.224 e. The molecule has 0 fully saturated rings. The van der Waals surface area contributed by atoms with E-state index in [0.717, 1.165) is 5.56 Å². The lowest BCUT2D eigenvalue weighted by molar-refractivity contribution is -0.116. The Morgan fingerprint density at radius 3 is 2.45 bits per heavy atom. The van der Waals surface area contributed by atoms with E-state index in [2.05, 4.69) is 0 Å². The van der Waals surface area contributed by atoms with Gasteiger partial charge in [0.05, 0.1) is 12.2 Å². The summed E-state index contributed by atoms with van der Waals surface area (Å²) in [6.45, 7) is 2.10. The minimum Gasteiger partial charge on any atom is -0.465 e. The Kier molecular flexibility index (Phi) is 5.81. The van der Waals surface area contributed by atoms with Gasteiger partial charge in [0.2, 0.25) is 5.91 Å². The molecule has 0 bridgehead atoms. The van der Waals surface area contributed by atoms with Gasteiger partial charge < -0.3 is 14.4 Å². The number of ether oxygens (including phenoxy) is 2. The summed E-state index contributed by atoms with van der Waals surface area (Å²) in [7, 11) is 1.55. The fourth-order valence-corrected chi connectivity index (χ4v) is 2.19. The van der Waals surface area contributed by atoms with Crippen LogP contribution in [0.25, 0.3) is 0 Å². The zero-order chi connectivity index (χ0) is 15.9. The van der Waals surface area contributed by atoms with Crippen molar-refractivity contribution in [2.24, 2.45) is 0 Å². The maximum atomic E-state index is 12.1. The second-order valence-electron chi connectivity index (χ2n) is 4.75. The Morgan fingerprint density at radius 1 is 1.14 bits per heavy atom. The molecular formula is C17H18ClNO3. The first-order valence-electron chi connectivity index (χ1n) is 6.85. The van der Waals surface area contributed by atoms with E-state index in [1.165, 1.54) is 6.92 Å². The van der Waals surface area contributed by atoms with Crippen LogP contribution in [-0.2, 0) is 16.1 Å². The van der Waals surface area contributed by atoms with Crippen molar-refractivity contribution in [1.29, 1.82) is 0 Å². The van der Waals surface area contributed by atoms with Crippen LogP contribution in [-0.4, -0.2) is 19.8 Å². The van der Waals surface area contributed by atoms with Crippen molar-refractivity contribution in [1.82, 2.24) is 0 Å². The second-order valence-corrected chi connectivity index (χ2v) is 5.19. The van der Waals surface area contributed by atoms with E-state index >= 15 is 0 Å². The summed E-state index contributed by atoms with van der Waals surface area (Å²) in [5.74, 6) is 0.539. The van der Waals surface area contributed by atoms with Crippen LogP contribution in [0.4, 0.5) is 5.69 Å². The molecule has 0 aliphatic rings. The van der Waals surface area contributed by atoms with E-state index in [9.17, 15) is 4.79 Å². The molecule has 22 heavy (non-hydrogen) atoms. The molecule has 4 nitrogen and oxygen atoms in total. The normalized spacial score (nSPS) is 10.3. The fraction of sp³-hybridized carbons (Fsp3) is 0.235. The zero-order valence-electron chi connectivity index (χ0n) is 12.6. The van der Waals surface area contributed by atoms with Gasteiger partial charge in [-0.25, -0.2) is 0 Å². The summed E-state index contributed by atoms with van der Waals surface area (Å²) in [5, 5.41) is 0.668. The standard InChI is InChI=1S/C17H18ClNO3/c1-13(20)19(11-14-7-9-15(18)10-8-14)16-5-3-4-6-17(16)22-12-21-2/h3-10H,11-12H2,1-2H3. The summed E-state index contributed by atoms with van der Waals surface area (Å²) in [6.07, 6.45) is 0. The van der Waals surface area contributed by atoms with Crippen molar-refractivity contribution in [3.05, 3.63) is 59.1 Å². The second kappa shape index (κ2) is 7.82. The first-order valence-corrected chi connectivity index (χ1v) is 7.23. The van der Waals surface area contributed by atoms with E-state index in [4.69, 9.17) is 21.1 Å². The van der Waals surface area contributed by atoms with Gasteiger partial charge >= 0.3 is 0 Å². The summed E-state index contributed by atoms with van der Waals surface area (Å²) in [4.78, 5) is 13.7. The molecule has 0 aliphatic heterocycles. The van der Waals surface area contributed by atoms with Crippen molar-refractivity contribution in [2.75, 3.05) is 18.8 Å². The van der Waals surface area contributed by atoms with Gasteiger partial charge in [-0.2, -0.15) is 0 Å². The average molecular weight is 320 g/mol. The third-order valence-electron chi connectivity index (χ3n) is 3.12. The number of nitrogens with zero attached hydrogens (tertiary/aromatic N) is 1. The predicted octanol–water partition coefficient (Wildman–Crippen LogP) is 3.88. The highest BCUT2D eigenvalue weighted by Gasteiger charge is 2.16. The van der Waals surface area contributed by atoms with Crippen molar-refractivity contribution in [2.45, 2.75) is 13.5 Å². The molecule has 2 rings (SSSR count). The van der Waals surface area contributed by atoms with Gasteiger partial charge in [-0.3, -0.25) is 4.79 Å². The molecule has 0 unspecified atom stereocenters. The first-order chi connectivity index (χ1) is 10.6. The zero-order valence-corrected chi connectivity index (χ0v) is 13.3. The molecule has 2 aromatic rings. The van der Waals surface area contributed by atoms with Crippen LogP contribution in [0, 0.1) is 0 Å². The van der Waals surface area contributed by atoms with Crippen LogP contribution in [0.3, 0.4) is 0 Å². The highest BCUT2D eigenvalue weighted by molar-refractivity contribution is 6.30. The molecule has 0 atom stereocenters. The van der Waals surface area contributed by atoms with Crippen molar-refractivity contribution in [3.63, 3.8) is 0 Å². The predicted molar refractivity (Wildman–Crippen MR) is 87.3 cm³/mol. The molecule has 1 amide bonds. The number of para-hydroxylation sites is 2. The Labute approximate surface area is 135 Å². The third kappa shape index (κ3) is 4.23. The highest BCUT2D eigenvalue weighted by atomic mass is 35.5. The van der Waals surface area contributed by atoms with Gasteiger partial charge in [-0.1, -0.05) is 35.9 Å². The number of methoxy groups -OCH3 is 1. The number of amides is 1. The number of rotatable bonds is 6. The van der Waals surface area contributed by atoms with E-state index < -0.39 is 0 Å². The lowest BCUT2D eigenvalue weighted by Crippen LogP contribution is -2.28. The van der Waals surface area contributed by atoms with E-state index in [1.54, 1.807) is 12.0 Å². The van der Waals surface area contributed by atoms with Gasteiger partial charge in [0.1, 0.15) is 5.75 Å². The third-order valence-corrected chi connectivity index (χ3v) is 3.37. The average Bonchev–Trinajstić information content (AvgIpc) is 2.52. The molecule has 0 aliphatic carbocycles. The van der Waals surface area contributed by atoms with Crippen molar-refractivity contribution >= 4 is 23.2 Å². The van der Waals surface area contributed by atoms with E-state index in [-0.39, 0.29) is 12.7 Å². The highest BCUT2D eigenvalue weighted by Crippen LogP contribution is 2.29. The van der Waals surface area contributed by atoms with Crippen LogP contribution in [0.2, 0.25) is 5.02 Å². The molecule has 0 aromatic heterocycles. The number of anilines is 1. The Morgan fingerprint density at radius 2 is 1.82 bits per heavy atom. The lowest BCUT2D eigenvalue weighted by atomic mass is 10.2. The number of benzene rings is 2. The minimum absolute atomic E-state index is 0.0663. The van der Waals surface area contributed by atoms with Gasteiger partial charge in [-0.05, 0) is 29.8 Å². The Hall–Kier alpha value is -2.04. The van der Waals surface area contributed by atoms with Crippen LogP contribution in [0.15, 0.2) is 48.5 Å². The lowest BCUT2D eigenvalue weighted by Gasteiger charge is -2.24. The van der Waals surface area contributed by atoms with Crippen LogP contribution >= 0.6 is 11.6 Å². The van der Waals surface area contributed by atoms with Crippen LogP contribution in [0.1, 0.15) is 12.5 Å². The molecule has 0 radical (unpaired) electrons. The monoisotopic (exact) mass is 319 g/mol. The largest absolute Gasteiger partial charge is 0.465 e. The molecular weight excluding hydrogens is 302 g/mol. The van der Waals surface area contributed by atoms with Crippen LogP contribution in [0.5, 0.6) is 5.75 Å². The Balaban J connectivity index is 2.28. The molecule has 2 aromatic carbocycles. The molecule has 116 valence electrons. The number of halogens is 1. The first kappa shape index (κ1) is 16.3. The topological polar surface area (TPSA) is 38.8 Å². The number of hydrogen-bond donors (Lipinski definition) is 0. The van der Waals surface area contributed by atoms with Gasteiger partial charge in [0.25, 0.3) is 0 Å². The molecule has 0 saturated carbocycles. The van der Waals surface area contributed by atoms with Crippen molar-refractivity contribution in [3.8, 4) is 5.75 Å². The van der Waals surface area contributed by atoms with Crippen LogP contribution < -0.4 is 9.64 Å². The van der Waals surface area contributed by atoms with E-state index in [0.29, 0.717) is 23.0 Å². The quantitative estimate of drug-likeness (QED) is 0.759. The van der Waals surface area contributed by atoms with E-state index in [1.807, 2.05) is 48.5 Å². The van der Waals surface area contributed by atoms with Gasteiger partial charge in [-0.15, -0.1) is 0 Å². The summed E-state index contributed by atoms with van der Waals surface area (Å²) >= 11 is 5.90. The molecule has 5 heteroatoms. The van der Waals surface area contributed by atoms with Gasteiger partial charge in [0.15, 0.2) is 6.79 Å². The summed E-state index contributed by atoms with van der Waals surface area (Å²) in [6, 6.07) is 14.8. The maximum absolute atomic E-state index is 12.1. The minimum atomic E-state index is -0.0663. The fourth-order valence-electron chi connectivity index (χ4n) is 2.06.